The number of nitrogens with zero attached hydrogens (tertiary/aromatic N) is 4. The maximum absolute atomic E-state index is 14.1. The van der Waals surface area contributed by atoms with Gasteiger partial charge in [-0.2, -0.15) is 0 Å². The Balaban J connectivity index is 0.889. The van der Waals surface area contributed by atoms with Gasteiger partial charge in [-0.1, -0.05) is 62.4 Å². The fraction of sp³-hybridized carbons (Fsp3) is 0.458. The number of aromatic amines is 2. The van der Waals surface area contributed by atoms with Crippen molar-refractivity contribution in [3.05, 3.63) is 84.7 Å². The number of imidazole rings is 2. The number of piperidine rings is 2. The number of likely N-dealkylation sites (tertiary alicyclic amines) is 2. The molecule has 4 aliphatic rings. The van der Waals surface area contributed by atoms with E-state index in [1.165, 1.54) is 28.4 Å². The lowest BCUT2D eigenvalue weighted by Crippen LogP contribution is -2.55. The molecule has 4 fully saturated rings. The van der Waals surface area contributed by atoms with Gasteiger partial charge in [-0.3, -0.25) is 9.59 Å². The molecule has 64 heavy (non-hydrogen) atoms. The Morgan fingerprint density at radius 3 is 1.47 bits per heavy atom. The second kappa shape index (κ2) is 17.0. The van der Waals surface area contributed by atoms with E-state index in [1.807, 2.05) is 22.2 Å². The van der Waals surface area contributed by atoms with E-state index < -0.39 is 36.5 Å². The molecule has 3 aromatic carbocycles. The van der Waals surface area contributed by atoms with Crippen LogP contribution in [0.25, 0.3) is 44.4 Å². The summed E-state index contributed by atoms with van der Waals surface area (Å²) in [5.74, 6) is 2.48. The highest BCUT2D eigenvalue weighted by Crippen LogP contribution is 2.58. The first-order valence-electron chi connectivity index (χ1n) is 22.0. The van der Waals surface area contributed by atoms with E-state index in [-0.39, 0.29) is 36.0 Å². The second-order valence-corrected chi connectivity index (χ2v) is 17.8. The normalized spacial score (nSPS) is 26.1. The minimum atomic E-state index is -0.901. The largest absolute Gasteiger partial charge is 0.453 e. The monoisotopic (exact) mass is 872 g/mol. The van der Waals surface area contributed by atoms with Crippen LogP contribution in [0.1, 0.15) is 64.3 Å². The van der Waals surface area contributed by atoms with Gasteiger partial charge in [0.15, 0.2) is 0 Å². The highest BCUT2D eigenvalue weighted by atomic mass is 16.5. The molecule has 0 radical (unpaired) electrons. The Hall–Kier alpha value is -6.26. The molecule has 16 nitrogen and oxygen atoms in total. The summed E-state index contributed by atoms with van der Waals surface area (Å²) in [6.07, 6.45) is 2.73. The number of hydrogen-bond acceptors (Lipinski definition) is 10. The smallest absolute Gasteiger partial charge is 0.407 e. The van der Waals surface area contributed by atoms with Crippen LogP contribution in [0.3, 0.4) is 0 Å². The summed E-state index contributed by atoms with van der Waals surface area (Å²) in [6, 6.07) is 18.9. The number of ether oxygens (including phenoxy) is 4. The van der Waals surface area contributed by atoms with Gasteiger partial charge in [0.25, 0.3) is 0 Å². The quantitative estimate of drug-likeness (QED) is 0.1000. The van der Waals surface area contributed by atoms with E-state index in [0.717, 1.165) is 57.3 Å². The summed E-state index contributed by atoms with van der Waals surface area (Å²) >= 11 is 0. The molecule has 4 unspecified atom stereocenters. The fourth-order valence-electron chi connectivity index (χ4n) is 10.4. The predicted octanol–water partition coefficient (Wildman–Crippen LogP) is 6.62. The Kier molecular flexibility index (Phi) is 11.4. The number of aromatic nitrogens is 4. The molecule has 12 atom stereocenters. The number of amides is 4. The molecule has 2 aliphatic carbocycles. The first-order chi connectivity index (χ1) is 30.8. The number of rotatable bonds is 13. The third kappa shape index (κ3) is 7.65. The average Bonchev–Trinajstić information content (AvgIpc) is 3.78. The summed E-state index contributed by atoms with van der Waals surface area (Å²) in [4.78, 5) is 72.8. The summed E-state index contributed by atoms with van der Waals surface area (Å²) in [6.45, 7) is 7.83. The van der Waals surface area contributed by atoms with Crippen LogP contribution in [0.5, 0.6) is 0 Å². The highest BCUT2D eigenvalue weighted by molar-refractivity contribution is 5.91. The zero-order valence-corrected chi connectivity index (χ0v) is 37.3. The fourth-order valence-corrected chi connectivity index (χ4v) is 10.4. The van der Waals surface area contributed by atoms with Gasteiger partial charge < -0.3 is 49.3 Å². The molecule has 2 aliphatic heterocycles. The number of carbonyl (C=O) groups is 4. The minimum Gasteiger partial charge on any atom is -0.453 e. The van der Waals surface area contributed by atoms with Crippen molar-refractivity contribution in [2.24, 2.45) is 23.7 Å². The van der Waals surface area contributed by atoms with Gasteiger partial charge >= 0.3 is 12.2 Å². The van der Waals surface area contributed by atoms with E-state index >= 15 is 0 Å². The Labute approximate surface area is 371 Å². The third-order valence-electron chi connectivity index (χ3n) is 14.5. The van der Waals surface area contributed by atoms with E-state index in [2.05, 4.69) is 95.1 Å². The topological polar surface area (TPSA) is 193 Å². The second-order valence-electron chi connectivity index (χ2n) is 17.8. The maximum atomic E-state index is 14.1. The number of carbonyl (C=O) groups excluding carboxylic acids is 4. The zero-order valence-electron chi connectivity index (χ0n) is 37.3. The van der Waals surface area contributed by atoms with Crippen LogP contribution in [-0.4, -0.2) is 119 Å². The molecule has 336 valence electrons. The molecule has 2 saturated heterocycles. The SMILES string of the molecule is COC(=O)N[C@H](C(=O)N1C2C(C[C@H]1c1ncc(-c3ccc(-c4ccc5cc(-c6cnc([C@@H]7CC8C([C@@H]8C)N7C(=O)[C@@H](NC(=O)OC)[C@@H](C)OC)[nH]6)ccc5c4)cc3)[nH]1)[C@H]2C)[C@@H](C)OC. The van der Waals surface area contributed by atoms with Gasteiger partial charge in [-0.15, -0.1) is 0 Å². The summed E-state index contributed by atoms with van der Waals surface area (Å²) in [7, 11) is 5.58. The van der Waals surface area contributed by atoms with Crippen LogP contribution in [0.2, 0.25) is 0 Å². The molecule has 2 aromatic heterocycles. The lowest BCUT2D eigenvalue weighted by molar-refractivity contribution is -0.140. The highest BCUT2D eigenvalue weighted by Gasteiger charge is 2.63. The molecule has 4 heterocycles. The van der Waals surface area contributed by atoms with Crippen molar-refractivity contribution in [1.29, 1.82) is 0 Å². The number of fused-ring (bicyclic) bond motifs is 3. The summed E-state index contributed by atoms with van der Waals surface area (Å²) < 4.78 is 20.6. The maximum Gasteiger partial charge on any atom is 0.407 e. The minimum absolute atomic E-state index is 0.0757. The van der Waals surface area contributed by atoms with E-state index in [0.29, 0.717) is 35.3 Å². The third-order valence-corrected chi connectivity index (χ3v) is 14.5. The number of alkyl carbamates (subject to hydrolysis) is 2. The number of methoxy groups -OCH3 is 4. The van der Waals surface area contributed by atoms with Crippen LogP contribution in [0, 0.1) is 23.7 Å². The first kappa shape index (κ1) is 43.0. The van der Waals surface area contributed by atoms with Gasteiger partial charge in [0, 0.05) is 31.9 Å². The summed E-state index contributed by atoms with van der Waals surface area (Å²) in [5.41, 5.74) is 5.80. The summed E-state index contributed by atoms with van der Waals surface area (Å²) in [5, 5.41) is 7.53. The zero-order chi connectivity index (χ0) is 45.1. The van der Waals surface area contributed by atoms with E-state index in [1.54, 1.807) is 13.8 Å². The van der Waals surface area contributed by atoms with Crippen molar-refractivity contribution in [3.8, 4) is 33.6 Å². The number of hydrogen-bond donors (Lipinski definition) is 4. The van der Waals surface area contributed by atoms with Gasteiger partial charge in [-0.25, -0.2) is 19.6 Å². The lowest BCUT2D eigenvalue weighted by atomic mass is 9.98. The molecular weight excluding hydrogens is 817 g/mol. The van der Waals surface area contributed by atoms with Crippen molar-refractivity contribution < 1.29 is 38.1 Å². The molecule has 4 N–H and O–H groups in total. The standard InChI is InChI=1S/C48H56N8O8/c1-23-33-19-37(55(41(23)33)45(57)39(25(3)61-5)53-47(59)63-7)43-49-21-35(51-43)28-11-9-27(10-12-28)29-13-14-31-18-32(16-15-30(31)17-29)36-22-50-44(52-36)38-20-34-24(2)42(34)56(38)46(58)40(26(4)62-6)54-48(60)64-8/h9-18,21-26,33-34,37-42H,19-20H2,1-8H3,(H,49,51)(H,50,52)(H,53,59)(H,54,60)/t23-,24-,25-,26-,33?,34?,37+,38+,39+,40+,41?,42?/m1/s1. The number of H-pyrrole nitrogens is 2. The van der Waals surface area contributed by atoms with Crippen molar-refractivity contribution in [3.63, 3.8) is 0 Å². The average molecular weight is 873 g/mol. The van der Waals surface area contributed by atoms with Gasteiger partial charge in [0.2, 0.25) is 11.8 Å². The molecule has 2 saturated carbocycles. The van der Waals surface area contributed by atoms with Crippen molar-refractivity contribution in [2.75, 3.05) is 28.4 Å². The molecule has 9 rings (SSSR count). The van der Waals surface area contributed by atoms with Crippen LogP contribution < -0.4 is 10.6 Å². The number of nitrogens with one attached hydrogen (secondary N) is 4. The molecule has 16 heteroatoms. The van der Waals surface area contributed by atoms with E-state index in [9.17, 15) is 19.2 Å². The van der Waals surface area contributed by atoms with Gasteiger partial charge in [-0.05, 0) is 90.0 Å². The number of benzene rings is 3. The molecule has 5 aromatic rings. The molecular formula is C48H56N8O8. The van der Waals surface area contributed by atoms with Crippen molar-refractivity contribution in [2.45, 2.75) is 89.0 Å². The Bertz CT molecular complexity index is 2580. The van der Waals surface area contributed by atoms with Crippen LogP contribution in [-0.2, 0) is 28.5 Å². The predicted molar refractivity (Wildman–Crippen MR) is 237 cm³/mol. The van der Waals surface area contributed by atoms with Gasteiger partial charge in [0.05, 0.1) is 62.3 Å². The van der Waals surface area contributed by atoms with E-state index in [4.69, 9.17) is 28.9 Å². The van der Waals surface area contributed by atoms with Crippen LogP contribution in [0.15, 0.2) is 73.1 Å². The van der Waals surface area contributed by atoms with Crippen LogP contribution in [0.4, 0.5) is 9.59 Å². The Morgan fingerprint density at radius 1 is 0.609 bits per heavy atom. The molecule has 4 amide bonds. The lowest BCUT2D eigenvalue weighted by Gasteiger charge is -2.33. The van der Waals surface area contributed by atoms with Crippen molar-refractivity contribution in [1.82, 2.24) is 40.4 Å². The molecule has 0 bridgehead atoms. The van der Waals surface area contributed by atoms with Gasteiger partial charge in [0.1, 0.15) is 23.7 Å². The first-order valence-corrected chi connectivity index (χ1v) is 22.0. The Morgan fingerprint density at radius 2 is 1.02 bits per heavy atom. The van der Waals surface area contributed by atoms with Crippen LogP contribution >= 0.6 is 0 Å². The molecule has 0 spiro atoms. The van der Waals surface area contributed by atoms with Crippen molar-refractivity contribution >= 4 is 34.8 Å².